The molecule has 0 aliphatic heterocycles. The molecular formula is C11H11Cl. The zero-order valence-electron chi connectivity index (χ0n) is 6.83. The van der Waals surface area contributed by atoms with E-state index in [1.54, 1.807) is 0 Å². The summed E-state index contributed by atoms with van der Waals surface area (Å²) in [5.74, 6) is 1.16. The molecule has 1 fully saturated rings. The van der Waals surface area contributed by atoms with Gasteiger partial charge in [0, 0.05) is 11.0 Å². The monoisotopic (exact) mass is 178 g/mol. The van der Waals surface area contributed by atoms with Crippen LogP contribution in [0.4, 0.5) is 0 Å². The highest BCUT2D eigenvalue weighted by atomic mass is 35.5. The Morgan fingerprint density at radius 3 is 2.50 bits per heavy atom. The van der Waals surface area contributed by atoms with Crippen molar-refractivity contribution in [1.82, 2.24) is 0 Å². The van der Waals surface area contributed by atoms with E-state index in [-0.39, 0.29) is 0 Å². The Bertz CT molecular complexity index is 289. The van der Waals surface area contributed by atoms with Crippen molar-refractivity contribution in [2.45, 2.75) is 12.3 Å². The van der Waals surface area contributed by atoms with Crippen LogP contribution >= 0.6 is 11.6 Å². The molecule has 62 valence electrons. The molecular weight excluding hydrogens is 168 g/mol. The fourth-order valence-corrected chi connectivity index (χ4v) is 1.85. The van der Waals surface area contributed by atoms with E-state index in [2.05, 4.69) is 30.8 Å². The first-order valence-corrected chi connectivity index (χ1v) is 4.56. The Balaban J connectivity index is 2.11. The van der Waals surface area contributed by atoms with Crippen LogP contribution in [0.2, 0.25) is 0 Å². The Morgan fingerprint density at radius 2 is 2.00 bits per heavy atom. The van der Waals surface area contributed by atoms with Crippen LogP contribution in [0.1, 0.15) is 17.9 Å². The van der Waals surface area contributed by atoms with E-state index in [1.165, 1.54) is 12.0 Å². The first-order valence-electron chi connectivity index (χ1n) is 4.18. The second-order valence-electron chi connectivity index (χ2n) is 3.31. The first kappa shape index (κ1) is 7.88. The van der Waals surface area contributed by atoms with Gasteiger partial charge in [-0.1, -0.05) is 48.5 Å². The molecule has 1 aliphatic carbocycles. The lowest BCUT2D eigenvalue weighted by Gasteiger charge is -1.97. The van der Waals surface area contributed by atoms with Crippen molar-refractivity contribution >= 4 is 11.6 Å². The minimum absolute atomic E-state index is 0.522. The highest BCUT2D eigenvalue weighted by Gasteiger charge is 2.39. The molecule has 1 aliphatic rings. The number of hydrogen-bond acceptors (Lipinski definition) is 0. The average Bonchev–Trinajstić information content (AvgIpc) is 2.84. The van der Waals surface area contributed by atoms with Crippen molar-refractivity contribution in [2.75, 3.05) is 0 Å². The summed E-state index contributed by atoms with van der Waals surface area (Å²) in [6.07, 6.45) is 1.17. The van der Waals surface area contributed by atoms with E-state index >= 15 is 0 Å². The number of halogens is 1. The van der Waals surface area contributed by atoms with Crippen molar-refractivity contribution in [3.05, 3.63) is 47.5 Å². The molecule has 2 atom stereocenters. The second-order valence-corrected chi connectivity index (χ2v) is 3.79. The maximum atomic E-state index is 5.83. The lowest BCUT2D eigenvalue weighted by Crippen LogP contribution is -1.81. The smallest absolute Gasteiger partial charge is 0.0146 e. The fraction of sp³-hybridized carbons (Fsp3) is 0.273. The molecule has 0 nitrogen and oxygen atoms in total. The Kier molecular flexibility index (Phi) is 1.93. The molecule has 12 heavy (non-hydrogen) atoms. The average molecular weight is 179 g/mol. The second kappa shape index (κ2) is 2.95. The van der Waals surface area contributed by atoms with E-state index in [4.69, 9.17) is 11.6 Å². The molecule has 0 heterocycles. The van der Waals surface area contributed by atoms with E-state index in [0.29, 0.717) is 11.8 Å². The van der Waals surface area contributed by atoms with Gasteiger partial charge in [-0.25, -0.2) is 0 Å². The number of rotatable bonds is 2. The molecule has 0 amide bonds. The third-order valence-electron chi connectivity index (χ3n) is 2.42. The lowest BCUT2D eigenvalue weighted by molar-refractivity contribution is 0.997. The number of benzene rings is 1. The van der Waals surface area contributed by atoms with Gasteiger partial charge in [0.1, 0.15) is 0 Å². The molecule has 0 radical (unpaired) electrons. The summed E-state index contributed by atoms with van der Waals surface area (Å²) >= 11 is 5.83. The SMILES string of the molecule is C=C(Cl)C1CC1c1ccccc1. The summed E-state index contributed by atoms with van der Waals surface area (Å²) in [4.78, 5) is 0. The molecule has 2 unspecified atom stereocenters. The number of allylic oxidation sites excluding steroid dienone is 1. The summed E-state index contributed by atoms with van der Waals surface area (Å²) in [7, 11) is 0. The minimum atomic E-state index is 0.522. The highest BCUT2D eigenvalue weighted by Crippen LogP contribution is 2.52. The third kappa shape index (κ3) is 1.39. The van der Waals surface area contributed by atoms with Crippen LogP contribution in [0, 0.1) is 5.92 Å². The molecule has 0 spiro atoms. The first-order chi connectivity index (χ1) is 5.79. The van der Waals surface area contributed by atoms with E-state index in [1.807, 2.05) is 6.07 Å². The van der Waals surface area contributed by atoms with Gasteiger partial charge < -0.3 is 0 Å². The maximum Gasteiger partial charge on any atom is 0.0146 e. The van der Waals surface area contributed by atoms with Gasteiger partial charge in [0.05, 0.1) is 0 Å². The van der Waals surface area contributed by atoms with Crippen LogP contribution in [-0.2, 0) is 0 Å². The Labute approximate surface area is 77.9 Å². The molecule has 0 bridgehead atoms. The summed E-state index contributed by atoms with van der Waals surface area (Å²) in [5.41, 5.74) is 1.39. The summed E-state index contributed by atoms with van der Waals surface area (Å²) in [5, 5.41) is 0.809. The maximum absolute atomic E-state index is 5.83. The highest BCUT2D eigenvalue weighted by molar-refractivity contribution is 6.29. The van der Waals surface area contributed by atoms with Crippen molar-refractivity contribution in [1.29, 1.82) is 0 Å². The van der Waals surface area contributed by atoms with Gasteiger partial charge in [-0.3, -0.25) is 0 Å². The van der Waals surface area contributed by atoms with Gasteiger partial charge in [0.25, 0.3) is 0 Å². The Morgan fingerprint density at radius 1 is 1.33 bits per heavy atom. The van der Waals surface area contributed by atoms with Crippen LogP contribution in [0.15, 0.2) is 41.9 Å². The predicted octanol–water partition coefficient (Wildman–Crippen LogP) is 3.54. The molecule has 1 aromatic rings. The minimum Gasteiger partial charge on any atom is -0.0895 e. The molecule has 0 N–H and O–H groups in total. The molecule has 1 saturated carbocycles. The van der Waals surface area contributed by atoms with Crippen molar-refractivity contribution in [2.24, 2.45) is 5.92 Å². The largest absolute Gasteiger partial charge is 0.0895 e. The number of hydrogen-bond donors (Lipinski definition) is 0. The summed E-state index contributed by atoms with van der Waals surface area (Å²) < 4.78 is 0. The van der Waals surface area contributed by atoms with E-state index in [9.17, 15) is 0 Å². The predicted molar refractivity (Wildman–Crippen MR) is 52.3 cm³/mol. The molecule has 1 aromatic carbocycles. The summed E-state index contributed by atoms with van der Waals surface area (Å²) in [6.45, 7) is 3.76. The van der Waals surface area contributed by atoms with Gasteiger partial charge in [-0.15, -0.1) is 0 Å². The fourth-order valence-electron chi connectivity index (χ4n) is 1.61. The van der Waals surface area contributed by atoms with E-state index in [0.717, 1.165) is 5.03 Å². The quantitative estimate of drug-likeness (QED) is 0.650. The van der Waals surface area contributed by atoms with Crippen molar-refractivity contribution in [3.8, 4) is 0 Å². The van der Waals surface area contributed by atoms with E-state index < -0.39 is 0 Å². The standard InChI is InChI=1S/C11H11Cl/c1-8(12)10-7-11(10)9-5-3-2-4-6-9/h2-6,10-11H,1,7H2. The van der Waals surface area contributed by atoms with Crippen molar-refractivity contribution < 1.29 is 0 Å². The topological polar surface area (TPSA) is 0 Å². The van der Waals surface area contributed by atoms with Crippen LogP contribution in [0.3, 0.4) is 0 Å². The molecule has 0 aromatic heterocycles. The van der Waals surface area contributed by atoms with Gasteiger partial charge >= 0.3 is 0 Å². The molecule has 2 rings (SSSR count). The van der Waals surface area contributed by atoms with Gasteiger partial charge in [-0.2, -0.15) is 0 Å². The van der Waals surface area contributed by atoms with Crippen LogP contribution < -0.4 is 0 Å². The van der Waals surface area contributed by atoms with Gasteiger partial charge in [0.2, 0.25) is 0 Å². The van der Waals surface area contributed by atoms with Gasteiger partial charge in [0.15, 0.2) is 0 Å². The normalized spacial score (nSPS) is 26.8. The third-order valence-corrected chi connectivity index (χ3v) is 2.70. The van der Waals surface area contributed by atoms with Crippen LogP contribution in [0.5, 0.6) is 0 Å². The van der Waals surface area contributed by atoms with Crippen molar-refractivity contribution in [3.63, 3.8) is 0 Å². The molecule has 1 heteroatoms. The van der Waals surface area contributed by atoms with Crippen LogP contribution in [-0.4, -0.2) is 0 Å². The van der Waals surface area contributed by atoms with Crippen LogP contribution in [0.25, 0.3) is 0 Å². The lowest BCUT2D eigenvalue weighted by atomic mass is 10.1. The zero-order valence-corrected chi connectivity index (χ0v) is 7.59. The summed E-state index contributed by atoms with van der Waals surface area (Å²) in [6, 6.07) is 10.5. The van der Waals surface area contributed by atoms with Gasteiger partial charge in [-0.05, 0) is 17.9 Å². The Hall–Kier alpha value is -0.750. The molecule has 0 saturated heterocycles. The zero-order chi connectivity index (χ0) is 8.55.